The summed E-state index contributed by atoms with van der Waals surface area (Å²) in [4.78, 5) is 27.9. The lowest BCUT2D eigenvalue weighted by Gasteiger charge is -2.27. The lowest BCUT2D eigenvalue weighted by atomic mass is 10.1. The molecule has 0 aliphatic carbocycles. The van der Waals surface area contributed by atoms with E-state index in [4.69, 9.17) is 0 Å². The molecule has 2 aromatic carbocycles. The van der Waals surface area contributed by atoms with Crippen molar-refractivity contribution in [3.8, 4) is 0 Å². The fraction of sp³-hybridized carbons (Fsp3) is 0.364. The van der Waals surface area contributed by atoms with Gasteiger partial charge in [-0.15, -0.1) is 11.8 Å². The Morgan fingerprint density at radius 3 is 2.39 bits per heavy atom. The third kappa shape index (κ3) is 5.76. The van der Waals surface area contributed by atoms with Crippen molar-refractivity contribution in [2.75, 3.05) is 25.5 Å². The van der Waals surface area contributed by atoms with Gasteiger partial charge in [0.25, 0.3) is 0 Å². The van der Waals surface area contributed by atoms with E-state index in [-0.39, 0.29) is 35.5 Å². The summed E-state index contributed by atoms with van der Waals surface area (Å²) >= 11 is 1.27. The first-order valence-corrected chi connectivity index (χ1v) is 11.1. The van der Waals surface area contributed by atoms with E-state index in [1.54, 1.807) is 0 Å². The molecule has 0 spiro atoms. The minimum absolute atomic E-state index is 0.0918. The van der Waals surface area contributed by atoms with Crippen LogP contribution in [0.2, 0.25) is 0 Å². The average molecular weight is 487 g/mol. The molecule has 0 aromatic heterocycles. The third-order valence-electron chi connectivity index (χ3n) is 5.22. The molecule has 11 heteroatoms. The molecule has 178 valence electrons. The van der Waals surface area contributed by atoms with Crippen LogP contribution in [0.4, 0.5) is 32.4 Å². The Bertz CT molecular complexity index is 1020. The second-order valence-electron chi connectivity index (χ2n) is 7.51. The van der Waals surface area contributed by atoms with E-state index in [0.717, 1.165) is 36.4 Å². The molecule has 0 saturated carbocycles. The van der Waals surface area contributed by atoms with Crippen LogP contribution in [0.1, 0.15) is 29.8 Å². The molecule has 2 aromatic rings. The predicted octanol–water partition coefficient (Wildman–Crippen LogP) is 5.50. The first-order valence-electron chi connectivity index (χ1n) is 10.1. The SMILES string of the molecule is CC[C@@H]1S[C@H](c2ccc(F)cc2F)N(CCN(C)C(=O)Nc2ccc(C(F)(F)F)cc2)C1=O. The number of alkyl halides is 3. The number of amides is 3. The molecule has 2 atom stereocenters. The normalized spacial score (nSPS) is 18.5. The summed E-state index contributed by atoms with van der Waals surface area (Å²) < 4.78 is 65.7. The topological polar surface area (TPSA) is 52.6 Å². The zero-order valence-corrected chi connectivity index (χ0v) is 18.6. The van der Waals surface area contributed by atoms with Gasteiger partial charge in [-0.2, -0.15) is 13.2 Å². The molecule has 1 fully saturated rings. The van der Waals surface area contributed by atoms with Gasteiger partial charge in [-0.05, 0) is 36.8 Å². The number of nitrogens with zero attached hydrogens (tertiary/aromatic N) is 2. The van der Waals surface area contributed by atoms with E-state index in [1.807, 2.05) is 6.92 Å². The van der Waals surface area contributed by atoms with E-state index in [9.17, 15) is 31.5 Å². The third-order valence-corrected chi connectivity index (χ3v) is 6.85. The van der Waals surface area contributed by atoms with E-state index in [2.05, 4.69) is 5.32 Å². The summed E-state index contributed by atoms with van der Waals surface area (Å²) in [5.41, 5.74) is -0.462. The standard InChI is InChI=1S/C22H22F5N3O2S/c1-3-18-19(31)30(20(33-18)16-9-6-14(23)12-17(16)24)11-10-29(2)21(32)28-15-7-4-13(5-8-15)22(25,26)27/h4-9,12,18,20H,3,10-11H2,1-2H3,(H,28,32)/t18-,20+/m0/s1. The van der Waals surface area contributed by atoms with E-state index in [0.29, 0.717) is 6.42 Å². The lowest BCUT2D eigenvalue weighted by molar-refractivity contribution is -0.137. The van der Waals surface area contributed by atoms with Crippen molar-refractivity contribution in [1.82, 2.24) is 9.80 Å². The van der Waals surface area contributed by atoms with Crippen molar-refractivity contribution < 1.29 is 31.5 Å². The zero-order chi connectivity index (χ0) is 24.3. The Labute approximate surface area is 191 Å². The molecular weight excluding hydrogens is 465 g/mol. The van der Waals surface area contributed by atoms with Gasteiger partial charge in [-0.25, -0.2) is 13.6 Å². The highest BCUT2D eigenvalue weighted by atomic mass is 32.2. The Morgan fingerprint density at radius 2 is 1.82 bits per heavy atom. The number of hydrogen-bond acceptors (Lipinski definition) is 3. The molecule has 1 aliphatic heterocycles. The zero-order valence-electron chi connectivity index (χ0n) is 17.8. The summed E-state index contributed by atoms with van der Waals surface area (Å²) in [7, 11) is 1.47. The van der Waals surface area contributed by atoms with Gasteiger partial charge in [0, 0.05) is 37.5 Å². The minimum Gasteiger partial charge on any atom is -0.326 e. The highest BCUT2D eigenvalue weighted by molar-refractivity contribution is 8.01. The van der Waals surface area contributed by atoms with Crippen LogP contribution in [0.15, 0.2) is 42.5 Å². The van der Waals surface area contributed by atoms with Crippen LogP contribution in [0.3, 0.4) is 0 Å². The van der Waals surface area contributed by atoms with Crippen molar-refractivity contribution in [3.05, 3.63) is 65.2 Å². The van der Waals surface area contributed by atoms with Gasteiger partial charge in [0.2, 0.25) is 5.91 Å². The summed E-state index contributed by atoms with van der Waals surface area (Å²) in [6.45, 7) is 2.02. The molecule has 33 heavy (non-hydrogen) atoms. The molecule has 0 bridgehead atoms. The van der Waals surface area contributed by atoms with Crippen molar-refractivity contribution in [3.63, 3.8) is 0 Å². The molecule has 5 nitrogen and oxygen atoms in total. The maximum Gasteiger partial charge on any atom is 0.416 e. The lowest BCUT2D eigenvalue weighted by Crippen LogP contribution is -2.40. The minimum atomic E-state index is -4.48. The monoisotopic (exact) mass is 487 g/mol. The van der Waals surface area contributed by atoms with Gasteiger partial charge in [0.15, 0.2) is 0 Å². The summed E-state index contributed by atoms with van der Waals surface area (Å²) in [5.74, 6) is -1.67. The van der Waals surface area contributed by atoms with Crippen LogP contribution < -0.4 is 5.32 Å². The number of rotatable bonds is 6. The number of benzene rings is 2. The first kappa shape index (κ1) is 24.8. The number of halogens is 5. The molecule has 3 rings (SSSR count). The second kappa shape index (κ2) is 9.98. The van der Waals surface area contributed by atoms with Crippen molar-refractivity contribution in [2.24, 2.45) is 0 Å². The molecule has 1 aliphatic rings. The number of hydrogen-bond donors (Lipinski definition) is 1. The Morgan fingerprint density at radius 1 is 1.15 bits per heavy atom. The number of anilines is 1. The highest BCUT2D eigenvalue weighted by Crippen LogP contribution is 2.44. The Hall–Kier alpha value is -2.82. The fourth-order valence-corrected chi connectivity index (χ4v) is 4.80. The van der Waals surface area contributed by atoms with Gasteiger partial charge in [0.1, 0.15) is 17.0 Å². The van der Waals surface area contributed by atoms with Gasteiger partial charge in [-0.1, -0.05) is 13.0 Å². The molecular formula is C22H22F5N3O2S. The molecule has 0 unspecified atom stereocenters. The number of likely N-dealkylation sites (N-methyl/N-ethyl adjacent to an activating group) is 1. The second-order valence-corrected chi connectivity index (χ2v) is 8.80. The molecule has 0 radical (unpaired) electrons. The van der Waals surface area contributed by atoms with Crippen LogP contribution in [-0.4, -0.2) is 47.1 Å². The van der Waals surface area contributed by atoms with E-state index < -0.39 is 34.8 Å². The predicted molar refractivity (Wildman–Crippen MR) is 116 cm³/mol. The highest BCUT2D eigenvalue weighted by Gasteiger charge is 2.41. The quantitative estimate of drug-likeness (QED) is 0.548. The summed E-state index contributed by atoms with van der Waals surface area (Å²) in [6, 6.07) is 6.65. The Kier molecular flexibility index (Phi) is 7.51. The number of carbonyl (C=O) groups excluding carboxylic acids is 2. The largest absolute Gasteiger partial charge is 0.416 e. The number of urea groups is 1. The van der Waals surface area contributed by atoms with Crippen molar-refractivity contribution in [1.29, 1.82) is 0 Å². The molecule has 1 heterocycles. The fourth-order valence-electron chi connectivity index (χ4n) is 3.35. The van der Waals surface area contributed by atoms with Crippen LogP contribution in [0.5, 0.6) is 0 Å². The smallest absolute Gasteiger partial charge is 0.326 e. The van der Waals surface area contributed by atoms with Crippen molar-refractivity contribution >= 4 is 29.4 Å². The van der Waals surface area contributed by atoms with Gasteiger partial charge in [-0.3, -0.25) is 4.79 Å². The number of thioether (sulfide) groups is 1. The molecule has 1 saturated heterocycles. The van der Waals surface area contributed by atoms with Crippen molar-refractivity contribution in [2.45, 2.75) is 30.1 Å². The van der Waals surface area contributed by atoms with Gasteiger partial charge >= 0.3 is 12.2 Å². The van der Waals surface area contributed by atoms with Crippen LogP contribution in [0.25, 0.3) is 0 Å². The number of nitrogens with one attached hydrogen (secondary N) is 1. The maximum atomic E-state index is 14.4. The average Bonchev–Trinajstić information content (AvgIpc) is 3.06. The van der Waals surface area contributed by atoms with E-state index in [1.165, 1.54) is 34.7 Å². The summed E-state index contributed by atoms with van der Waals surface area (Å²) in [5, 5.41) is 1.45. The van der Waals surface area contributed by atoms with Crippen LogP contribution in [0, 0.1) is 11.6 Å². The Balaban J connectivity index is 1.65. The maximum absolute atomic E-state index is 14.4. The van der Waals surface area contributed by atoms with Gasteiger partial charge < -0.3 is 15.1 Å². The molecule has 1 N–H and O–H groups in total. The number of carbonyl (C=O) groups is 2. The van der Waals surface area contributed by atoms with Gasteiger partial charge in [0.05, 0.1) is 10.8 Å². The molecule has 3 amide bonds. The van der Waals surface area contributed by atoms with Crippen LogP contribution in [-0.2, 0) is 11.0 Å². The van der Waals surface area contributed by atoms with E-state index >= 15 is 0 Å². The summed E-state index contributed by atoms with van der Waals surface area (Å²) in [6.07, 6.45) is -3.94. The first-order chi connectivity index (χ1) is 15.5. The van der Waals surface area contributed by atoms with Crippen LogP contribution >= 0.6 is 11.8 Å².